The van der Waals surface area contributed by atoms with E-state index in [-0.39, 0.29) is 23.0 Å². The van der Waals surface area contributed by atoms with Crippen molar-refractivity contribution in [3.63, 3.8) is 0 Å². The highest BCUT2D eigenvalue weighted by Crippen LogP contribution is 2.15. The van der Waals surface area contributed by atoms with Gasteiger partial charge in [0.15, 0.2) is 5.75 Å². The molecule has 6 heteroatoms. The lowest BCUT2D eigenvalue weighted by Crippen LogP contribution is -2.28. The van der Waals surface area contributed by atoms with E-state index >= 15 is 0 Å². The van der Waals surface area contributed by atoms with Crippen LogP contribution in [0.25, 0.3) is 0 Å². The van der Waals surface area contributed by atoms with Crippen LogP contribution in [-0.2, 0) is 6.54 Å². The standard InChI is InChI=1S/C15H16N2O4/c1-10-14(20)13(19)6-8-17(10)9-7-16-15(21)11-4-2-3-5-12(11)18/h2-6,8,18,20H,7,9H2,1H3,(H,16,21). The van der Waals surface area contributed by atoms with Gasteiger partial charge < -0.3 is 20.1 Å². The van der Waals surface area contributed by atoms with Crippen molar-refractivity contribution < 1.29 is 15.0 Å². The number of amides is 1. The molecule has 110 valence electrons. The zero-order chi connectivity index (χ0) is 15.4. The smallest absolute Gasteiger partial charge is 0.255 e. The zero-order valence-corrected chi connectivity index (χ0v) is 11.5. The summed E-state index contributed by atoms with van der Waals surface area (Å²) in [7, 11) is 0. The molecule has 1 aromatic carbocycles. The highest BCUT2D eigenvalue weighted by Gasteiger charge is 2.10. The molecule has 0 bridgehead atoms. The minimum atomic E-state index is -0.429. The highest BCUT2D eigenvalue weighted by molar-refractivity contribution is 5.96. The average molecular weight is 288 g/mol. The first-order valence-electron chi connectivity index (χ1n) is 6.46. The van der Waals surface area contributed by atoms with E-state index in [1.807, 2.05) is 0 Å². The summed E-state index contributed by atoms with van der Waals surface area (Å²) in [5, 5.41) is 21.8. The Bertz CT molecular complexity index is 722. The Morgan fingerprint density at radius 1 is 1.24 bits per heavy atom. The first-order valence-corrected chi connectivity index (χ1v) is 6.46. The molecule has 2 aromatic rings. The SMILES string of the molecule is Cc1c(O)c(=O)ccn1CCNC(=O)c1ccccc1O. The van der Waals surface area contributed by atoms with Crippen molar-refractivity contribution in [1.82, 2.24) is 9.88 Å². The second-order valence-electron chi connectivity index (χ2n) is 4.58. The van der Waals surface area contributed by atoms with E-state index in [1.165, 1.54) is 18.2 Å². The van der Waals surface area contributed by atoms with Crippen LogP contribution in [0.15, 0.2) is 41.3 Å². The summed E-state index contributed by atoms with van der Waals surface area (Å²) in [6.07, 6.45) is 1.56. The van der Waals surface area contributed by atoms with Crippen molar-refractivity contribution in [3.8, 4) is 11.5 Å². The molecule has 0 atom stereocenters. The molecule has 1 aromatic heterocycles. The molecule has 0 radical (unpaired) electrons. The maximum Gasteiger partial charge on any atom is 0.255 e. The molecule has 0 aliphatic carbocycles. The second kappa shape index (κ2) is 6.13. The van der Waals surface area contributed by atoms with Crippen molar-refractivity contribution in [2.24, 2.45) is 0 Å². The molecule has 0 spiro atoms. The first kappa shape index (κ1) is 14.6. The molecule has 2 rings (SSSR count). The maximum absolute atomic E-state index is 11.9. The van der Waals surface area contributed by atoms with Gasteiger partial charge >= 0.3 is 0 Å². The Hall–Kier alpha value is -2.76. The van der Waals surface area contributed by atoms with E-state index < -0.39 is 5.43 Å². The van der Waals surface area contributed by atoms with Crippen molar-refractivity contribution in [2.45, 2.75) is 13.5 Å². The third-order valence-electron chi connectivity index (χ3n) is 3.20. The number of aromatic nitrogens is 1. The van der Waals surface area contributed by atoms with E-state index in [1.54, 1.807) is 29.8 Å². The zero-order valence-electron chi connectivity index (χ0n) is 11.5. The number of hydrogen-bond donors (Lipinski definition) is 3. The van der Waals surface area contributed by atoms with Crippen molar-refractivity contribution in [2.75, 3.05) is 6.54 Å². The summed E-state index contributed by atoms with van der Waals surface area (Å²) in [6.45, 7) is 2.33. The molecule has 1 heterocycles. The lowest BCUT2D eigenvalue weighted by Gasteiger charge is -2.12. The van der Waals surface area contributed by atoms with Crippen LogP contribution in [0.1, 0.15) is 16.1 Å². The van der Waals surface area contributed by atoms with Gasteiger partial charge in [0.05, 0.1) is 11.3 Å². The summed E-state index contributed by atoms with van der Waals surface area (Å²) in [6, 6.07) is 7.55. The number of para-hydroxylation sites is 1. The van der Waals surface area contributed by atoms with E-state index in [9.17, 15) is 19.8 Å². The summed E-state index contributed by atoms with van der Waals surface area (Å²) in [5.41, 5.74) is 0.221. The number of carbonyl (C=O) groups is 1. The van der Waals surface area contributed by atoms with Crippen molar-refractivity contribution in [3.05, 3.63) is 58.0 Å². The topological polar surface area (TPSA) is 91.6 Å². The monoisotopic (exact) mass is 288 g/mol. The fourth-order valence-electron chi connectivity index (χ4n) is 1.96. The third-order valence-corrected chi connectivity index (χ3v) is 3.20. The fourth-order valence-corrected chi connectivity index (χ4v) is 1.96. The van der Waals surface area contributed by atoms with E-state index in [0.717, 1.165) is 0 Å². The fraction of sp³-hybridized carbons (Fsp3) is 0.200. The van der Waals surface area contributed by atoms with Gasteiger partial charge in [0, 0.05) is 25.4 Å². The van der Waals surface area contributed by atoms with Gasteiger partial charge in [-0.3, -0.25) is 9.59 Å². The molecule has 6 nitrogen and oxygen atoms in total. The van der Waals surface area contributed by atoms with Crippen molar-refractivity contribution >= 4 is 5.91 Å². The summed E-state index contributed by atoms with van der Waals surface area (Å²) < 4.78 is 1.67. The van der Waals surface area contributed by atoms with Gasteiger partial charge in [-0.15, -0.1) is 0 Å². The van der Waals surface area contributed by atoms with Crippen molar-refractivity contribution in [1.29, 1.82) is 0 Å². The van der Waals surface area contributed by atoms with Crippen LogP contribution in [0, 0.1) is 6.92 Å². The average Bonchev–Trinajstić information content (AvgIpc) is 2.47. The molecule has 21 heavy (non-hydrogen) atoms. The number of phenols is 1. The van der Waals surface area contributed by atoms with Gasteiger partial charge in [0.25, 0.3) is 5.91 Å². The summed E-state index contributed by atoms with van der Waals surface area (Å²) in [5.74, 6) is -0.743. The van der Waals surface area contributed by atoms with E-state index in [0.29, 0.717) is 18.8 Å². The number of aromatic hydroxyl groups is 2. The molecule has 3 N–H and O–H groups in total. The van der Waals surface area contributed by atoms with Gasteiger partial charge in [-0.05, 0) is 19.1 Å². The van der Waals surface area contributed by atoms with E-state index in [4.69, 9.17) is 0 Å². The summed E-state index contributed by atoms with van der Waals surface area (Å²) in [4.78, 5) is 23.1. The predicted molar refractivity (Wildman–Crippen MR) is 77.5 cm³/mol. The Kier molecular flexibility index (Phi) is 4.27. The number of nitrogens with one attached hydrogen (secondary N) is 1. The van der Waals surface area contributed by atoms with Gasteiger partial charge in [-0.2, -0.15) is 0 Å². The molecule has 0 aliphatic rings. The minimum Gasteiger partial charge on any atom is -0.507 e. The highest BCUT2D eigenvalue weighted by atomic mass is 16.3. The first-order chi connectivity index (χ1) is 10.0. The number of carbonyl (C=O) groups excluding carboxylic acids is 1. The number of nitrogens with zero attached hydrogens (tertiary/aromatic N) is 1. The van der Waals surface area contributed by atoms with E-state index in [2.05, 4.69) is 5.32 Å². The number of pyridine rings is 1. The second-order valence-corrected chi connectivity index (χ2v) is 4.58. The normalized spacial score (nSPS) is 10.3. The van der Waals surface area contributed by atoms with Gasteiger partial charge in [-0.1, -0.05) is 12.1 Å². The Morgan fingerprint density at radius 2 is 1.95 bits per heavy atom. The van der Waals surface area contributed by atoms with Crippen LogP contribution in [0.4, 0.5) is 0 Å². The molecule has 0 fully saturated rings. The van der Waals surface area contributed by atoms with Crippen LogP contribution in [0.5, 0.6) is 11.5 Å². The van der Waals surface area contributed by atoms with Gasteiger partial charge in [0.1, 0.15) is 5.75 Å². The quantitative estimate of drug-likeness (QED) is 0.782. The third kappa shape index (κ3) is 3.22. The molecule has 0 saturated heterocycles. The molecule has 0 saturated carbocycles. The minimum absolute atomic E-state index is 0.0767. The Labute approximate surface area is 121 Å². The van der Waals surface area contributed by atoms with Crippen LogP contribution in [0.3, 0.4) is 0 Å². The number of rotatable bonds is 4. The molecular weight excluding hydrogens is 272 g/mol. The number of hydrogen-bond acceptors (Lipinski definition) is 4. The van der Waals surface area contributed by atoms with Gasteiger partial charge in [0.2, 0.25) is 5.43 Å². The van der Waals surface area contributed by atoms with Crippen LogP contribution in [0.2, 0.25) is 0 Å². The van der Waals surface area contributed by atoms with Crippen LogP contribution < -0.4 is 10.7 Å². The summed E-state index contributed by atoms with van der Waals surface area (Å²) >= 11 is 0. The lowest BCUT2D eigenvalue weighted by atomic mass is 10.2. The molecular formula is C15H16N2O4. The van der Waals surface area contributed by atoms with Crippen LogP contribution in [-0.4, -0.2) is 27.2 Å². The largest absolute Gasteiger partial charge is 0.507 e. The maximum atomic E-state index is 11.9. The lowest BCUT2D eigenvalue weighted by molar-refractivity contribution is 0.0949. The molecule has 0 unspecified atom stereocenters. The predicted octanol–water partition coefficient (Wildman–Crippen LogP) is 0.998. The number of benzene rings is 1. The number of phenolic OH excluding ortho intramolecular Hbond substituents is 1. The Morgan fingerprint density at radius 3 is 2.67 bits per heavy atom. The Balaban J connectivity index is 1.99. The molecule has 0 aliphatic heterocycles. The van der Waals surface area contributed by atoms with Crippen LogP contribution >= 0.6 is 0 Å². The molecule has 1 amide bonds. The van der Waals surface area contributed by atoms with Gasteiger partial charge in [-0.25, -0.2) is 0 Å².